The molecule has 3 atom stereocenters. The van der Waals surface area contributed by atoms with Gasteiger partial charge in [0.2, 0.25) is 0 Å². The second kappa shape index (κ2) is 8.37. The predicted octanol–water partition coefficient (Wildman–Crippen LogP) is 3.07. The minimum absolute atomic E-state index is 0.546. The van der Waals surface area contributed by atoms with Crippen LogP contribution in [0.1, 0.15) is 46.0 Å². The van der Waals surface area contributed by atoms with Crippen molar-refractivity contribution >= 4 is 11.8 Å². The Morgan fingerprint density at radius 3 is 2.88 bits per heavy atom. The van der Waals surface area contributed by atoms with Crippen molar-refractivity contribution in [2.24, 2.45) is 0 Å². The SMILES string of the molecule is CCC(C)SCC(CCC1CCCO1)NC. The molecule has 0 saturated carbocycles. The Morgan fingerprint density at radius 2 is 2.31 bits per heavy atom. The first-order valence-corrected chi connectivity index (χ1v) is 7.71. The summed E-state index contributed by atoms with van der Waals surface area (Å²) in [6, 6.07) is 0.656. The van der Waals surface area contributed by atoms with Crippen molar-refractivity contribution in [1.29, 1.82) is 0 Å². The summed E-state index contributed by atoms with van der Waals surface area (Å²) in [5.41, 5.74) is 0. The summed E-state index contributed by atoms with van der Waals surface area (Å²) in [7, 11) is 2.08. The third-order valence-corrected chi connectivity index (χ3v) is 4.92. The largest absolute Gasteiger partial charge is 0.378 e. The van der Waals surface area contributed by atoms with E-state index < -0.39 is 0 Å². The van der Waals surface area contributed by atoms with Crippen LogP contribution in [-0.4, -0.2) is 36.8 Å². The smallest absolute Gasteiger partial charge is 0.0576 e. The van der Waals surface area contributed by atoms with Crippen LogP contribution in [0.3, 0.4) is 0 Å². The molecular weight excluding hydrogens is 218 g/mol. The van der Waals surface area contributed by atoms with Crippen molar-refractivity contribution in [2.75, 3.05) is 19.4 Å². The van der Waals surface area contributed by atoms with Crippen molar-refractivity contribution in [3.05, 3.63) is 0 Å². The monoisotopic (exact) mass is 245 g/mol. The molecule has 0 aromatic rings. The average Bonchev–Trinajstić information content (AvgIpc) is 2.81. The molecule has 0 radical (unpaired) electrons. The van der Waals surface area contributed by atoms with Crippen LogP contribution in [0.15, 0.2) is 0 Å². The minimum Gasteiger partial charge on any atom is -0.378 e. The Labute approximate surface area is 105 Å². The third kappa shape index (κ3) is 5.55. The van der Waals surface area contributed by atoms with Gasteiger partial charge in [-0.3, -0.25) is 0 Å². The van der Waals surface area contributed by atoms with Crippen molar-refractivity contribution in [1.82, 2.24) is 5.32 Å². The highest BCUT2D eigenvalue weighted by atomic mass is 32.2. The fourth-order valence-electron chi connectivity index (χ4n) is 1.97. The van der Waals surface area contributed by atoms with E-state index in [1.165, 1.54) is 37.9 Å². The molecule has 0 aliphatic carbocycles. The standard InChI is InChI=1S/C13H27NOS/c1-4-11(2)16-10-12(14-3)7-8-13-6-5-9-15-13/h11-14H,4-10H2,1-3H3. The quantitative estimate of drug-likeness (QED) is 0.710. The molecule has 0 spiro atoms. The second-order valence-corrected chi connectivity index (χ2v) is 6.22. The van der Waals surface area contributed by atoms with Gasteiger partial charge in [0.25, 0.3) is 0 Å². The van der Waals surface area contributed by atoms with E-state index in [-0.39, 0.29) is 0 Å². The Hall–Kier alpha value is 0.270. The molecule has 0 amide bonds. The first-order chi connectivity index (χ1) is 7.76. The van der Waals surface area contributed by atoms with E-state index in [0.717, 1.165) is 11.9 Å². The zero-order chi connectivity index (χ0) is 11.8. The molecule has 1 saturated heterocycles. The van der Waals surface area contributed by atoms with Crippen LogP contribution >= 0.6 is 11.8 Å². The van der Waals surface area contributed by atoms with Crippen LogP contribution in [-0.2, 0) is 4.74 Å². The topological polar surface area (TPSA) is 21.3 Å². The highest BCUT2D eigenvalue weighted by Gasteiger charge is 2.17. The van der Waals surface area contributed by atoms with Crippen molar-refractivity contribution in [3.8, 4) is 0 Å². The Balaban J connectivity index is 2.10. The average molecular weight is 245 g/mol. The van der Waals surface area contributed by atoms with Crippen LogP contribution in [0.4, 0.5) is 0 Å². The van der Waals surface area contributed by atoms with Gasteiger partial charge in [-0.25, -0.2) is 0 Å². The van der Waals surface area contributed by atoms with Gasteiger partial charge in [0.15, 0.2) is 0 Å². The molecule has 0 bridgehead atoms. The van der Waals surface area contributed by atoms with Gasteiger partial charge in [-0.1, -0.05) is 13.8 Å². The third-order valence-electron chi connectivity index (χ3n) is 3.43. The first kappa shape index (κ1) is 14.3. The first-order valence-electron chi connectivity index (χ1n) is 6.66. The zero-order valence-electron chi connectivity index (χ0n) is 11.0. The van der Waals surface area contributed by atoms with Crippen LogP contribution < -0.4 is 5.32 Å². The van der Waals surface area contributed by atoms with Gasteiger partial charge in [0.05, 0.1) is 6.10 Å². The van der Waals surface area contributed by atoms with Gasteiger partial charge in [0, 0.05) is 23.7 Å². The van der Waals surface area contributed by atoms with E-state index in [1.54, 1.807) is 0 Å². The summed E-state index contributed by atoms with van der Waals surface area (Å²) < 4.78 is 5.66. The van der Waals surface area contributed by atoms with Crippen LogP contribution in [0.5, 0.6) is 0 Å². The Morgan fingerprint density at radius 1 is 1.50 bits per heavy atom. The van der Waals surface area contributed by atoms with Gasteiger partial charge < -0.3 is 10.1 Å². The summed E-state index contributed by atoms with van der Waals surface area (Å²) >= 11 is 2.09. The molecule has 2 nitrogen and oxygen atoms in total. The van der Waals surface area contributed by atoms with Crippen LogP contribution in [0.25, 0.3) is 0 Å². The van der Waals surface area contributed by atoms with Gasteiger partial charge in [0.1, 0.15) is 0 Å². The Kier molecular flexibility index (Phi) is 7.50. The number of hydrogen-bond acceptors (Lipinski definition) is 3. The summed E-state index contributed by atoms with van der Waals surface area (Å²) in [5.74, 6) is 1.23. The number of nitrogens with one attached hydrogen (secondary N) is 1. The number of ether oxygens (including phenoxy) is 1. The van der Waals surface area contributed by atoms with Gasteiger partial charge in [-0.05, 0) is 39.2 Å². The number of thioether (sulfide) groups is 1. The molecule has 0 aromatic carbocycles. The van der Waals surface area contributed by atoms with Crippen molar-refractivity contribution in [3.63, 3.8) is 0 Å². The molecule has 1 aliphatic heterocycles. The van der Waals surface area contributed by atoms with Crippen LogP contribution in [0.2, 0.25) is 0 Å². The van der Waals surface area contributed by atoms with E-state index in [0.29, 0.717) is 12.1 Å². The molecule has 0 aromatic heterocycles. The fourth-order valence-corrected chi connectivity index (χ4v) is 3.10. The molecule has 1 N–H and O–H groups in total. The molecule has 16 heavy (non-hydrogen) atoms. The van der Waals surface area contributed by atoms with Gasteiger partial charge in [-0.15, -0.1) is 0 Å². The molecule has 3 unspecified atom stereocenters. The Bertz CT molecular complexity index is 171. The van der Waals surface area contributed by atoms with E-state index in [9.17, 15) is 0 Å². The van der Waals surface area contributed by atoms with E-state index in [1.807, 2.05) is 0 Å². The molecule has 96 valence electrons. The maximum Gasteiger partial charge on any atom is 0.0576 e. The van der Waals surface area contributed by atoms with Crippen molar-refractivity contribution in [2.45, 2.75) is 63.3 Å². The maximum atomic E-state index is 5.66. The minimum atomic E-state index is 0.546. The summed E-state index contributed by atoms with van der Waals surface area (Å²) in [6.45, 7) is 5.56. The van der Waals surface area contributed by atoms with E-state index in [2.05, 4.69) is 38.0 Å². The number of hydrogen-bond donors (Lipinski definition) is 1. The summed E-state index contributed by atoms with van der Waals surface area (Å²) in [4.78, 5) is 0. The molecule has 3 heteroatoms. The van der Waals surface area contributed by atoms with Gasteiger partial charge in [-0.2, -0.15) is 11.8 Å². The lowest BCUT2D eigenvalue weighted by Crippen LogP contribution is -2.29. The zero-order valence-corrected chi connectivity index (χ0v) is 11.8. The lowest BCUT2D eigenvalue weighted by Gasteiger charge is -2.19. The van der Waals surface area contributed by atoms with Crippen LogP contribution in [0, 0.1) is 0 Å². The van der Waals surface area contributed by atoms with Gasteiger partial charge >= 0.3 is 0 Å². The molecule has 1 rings (SSSR count). The fraction of sp³-hybridized carbons (Fsp3) is 1.00. The van der Waals surface area contributed by atoms with E-state index in [4.69, 9.17) is 4.74 Å². The lowest BCUT2D eigenvalue weighted by molar-refractivity contribution is 0.100. The molecule has 1 heterocycles. The summed E-state index contributed by atoms with van der Waals surface area (Å²) in [6.07, 6.45) is 6.83. The highest BCUT2D eigenvalue weighted by Crippen LogP contribution is 2.20. The lowest BCUT2D eigenvalue weighted by atomic mass is 10.1. The number of rotatable bonds is 8. The second-order valence-electron chi connectivity index (χ2n) is 4.75. The highest BCUT2D eigenvalue weighted by molar-refractivity contribution is 7.99. The predicted molar refractivity (Wildman–Crippen MR) is 73.3 cm³/mol. The summed E-state index contributed by atoms with van der Waals surface area (Å²) in [5, 5.41) is 4.22. The molecule has 1 fully saturated rings. The maximum absolute atomic E-state index is 5.66. The normalized spacial score (nSPS) is 24.6. The molecule has 1 aliphatic rings. The van der Waals surface area contributed by atoms with E-state index >= 15 is 0 Å². The molecular formula is C13H27NOS. The van der Waals surface area contributed by atoms with Crippen molar-refractivity contribution < 1.29 is 4.74 Å².